The van der Waals surface area contributed by atoms with E-state index in [0.717, 1.165) is 17.7 Å². The molecule has 1 heterocycles. The smallest absolute Gasteiger partial charge is 0.160 e. The predicted molar refractivity (Wildman–Crippen MR) is 82.9 cm³/mol. The van der Waals surface area contributed by atoms with Gasteiger partial charge in [0.1, 0.15) is 5.01 Å². The van der Waals surface area contributed by atoms with E-state index >= 15 is 0 Å². The summed E-state index contributed by atoms with van der Waals surface area (Å²) in [6, 6.07) is 11.3. The molecule has 0 amide bonds. The zero-order valence-electron chi connectivity index (χ0n) is 12.0. The van der Waals surface area contributed by atoms with Crippen LogP contribution in [0.1, 0.15) is 29.8 Å². The third kappa shape index (κ3) is 2.64. The molecule has 4 nitrogen and oxygen atoms in total. The molecule has 0 aliphatic heterocycles. The number of rotatable bonds is 4. The van der Waals surface area contributed by atoms with Gasteiger partial charge in [-0.3, -0.25) is 4.79 Å². The maximum atomic E-state index is 12.3. The normalized spacial score (nSPS) is 20.7. The minimum Gasteiger partial charge on any atom is -0.297 e. The van der Waals surface area contributed by atoms with Crippen LogP contribution in [0.15, 0.2) is 29.6 Å². The Morgan fingerprint density at radius 1 is 1.36 bits per heavy atom. The van der Waals surface area contributed by atoms with E-state index in [1.165, 1.54) is 11.3 Å². The van der Waals surface area contributed by atoms with Crippen molar-refractivity contribution in [3.8, 4) is 23.4 Å². The van der Waals surface area contributed by atoms with Crippen molar-refractivity contribution in [1.29, 1.82) is 10.5 Å². The van der Waals surface area contributed by atoms with Crippen molar-refractivity contribution in [2.24, 2.45) is 11.8 Å². The summed E-state index contributed by atoms with van der Waals surface area (Å²) in [5, 5.41) is 20.5. The molecule has 0 bridgehead atoms. The summed E-state index contributed by atoms with van der Waals surface area (Å²) in [7, 11) is 0. The van der Waals surface area contributed by atoms with Gasteiger partial charge in [-0.05, 0) is 24.5 Å². The van der Waals surface area contributed by atoms with E-state index in [-0.39, 0.29) is 11.7 Å². The zero-order chi connectivity index (χ0) is 15.7. The topological polar surface area (TPSA) is 77.5 Å². The Morgan fingerprint density at radius 3 is 2.59 bits per heavy atom. The lowest BCUT2D eigenvalue weighted by Gasteiger charge is -2.03. The van der Waals surface area contributed by atoms with Crippen LogP contribution in [0.25, 0.3) is 11.3 Å². The number of aromatic nitrogens is 1. The van der Waals surface area contributed by atoms with Gasteiger partial charge in [-0.1, -0.05) is 19.1 Å². The summed E-state index contributed by atoms with van der Waals surface area (Å²) in [5.74, 6) is -0.351. The second-order valence-electron chi connectivity index (χ2n) is 5.54. The number of ketones is 1. The van der Waals surface area contributed by atoms with Crippen LogP contribution < -0.4 is 0 Å². The van der Waals surface area contributed by atoms with Crippen LogP contribution in [-0.2, 0) is 4.79 Å². The fraction of sp³-hybridized carbons (Fsp3) is 0.294. The maximum Gasteiger partial charge on any atom is 0.160 e. The van der Waals surface area contributed by atoms with Gasteiger partial charge in [0.15, 0.2) is 11.7 Å². The Bertz CT molecular complexity index is 795. The third-order valence-corrected chi connectivity index (χ3v) is 4.88. The third-order valence-electron chi connectivity index (χ3n) is 3.97. The molecule has 1 aromatic heterocycles. The van der Waals surface area contributed by atoms with Gasteiger partial charge in [0.25, 0.3) is 0 Å². The van der Waals surface area contributed by atoms with Crippen molar-refractivity contribution in [3.05, 3.63) is 40.2 Å². The van der Waals surface area contributed by atoms with Crippen molar-refractivity contribution in [3.63, 3.8) is 0 Å². The zero-order valence-corrected chi connectivity index (χ0v) is 12.8. The number of carbonyl (C=O) groups is 1. The van der Waals surface area contributed by atoms with Crippen LogP contribution in [0.5, 0.6) is 0 Å². The number of benzene rings is 1. The van der Waals surface area contributed by atoms with E-state index in [4.69, 9.17) is 5.26 Å². The van der Waals surface area contributed by atoms with Gasteiger partial charge in [0, 0.05) is 16.9 Å². The summed E-state index contributed by atoms with van der Waals surface area (Å²) >= 11 is 1.34. The Labute approximate surface area is 132 Å². The van der Waals surface area contributed by atoms with Crippen molar-refractivity contribution in [2.45, 2.75) is 19.3 Å². The molecule has 3 atom stereocenters. The highest BCUT2D eigenvalue weighted by Gasteiger charge is 2.43. The summed E-state index contributed by atoms with van der Waals surface area (Å²) < 4.78 is 0. The van der Waals surface area contributed by atoms with Crippen LogP contribution in [0, 0.1) is 34.5 Å². The van der Waals surface area contributed by atoms with Gasteiger partial charge in [-0.15, -0.1) is 11.3 Å². The highest BCUT2D eigenvalue weighted by Crippen LogP contribution is 2.42. The lowest BCUT2D eigenvalue weighted by molar-refractivity contribution is -0.120. The molecule has 22 heavy (non-hydrogen) atoms. The first kappa shape index (κ1) is 14.4. The van der Waals surface area contributed by atoms with Crippen molar-refractivity contribution in [1.82, 2.24) is 4.98 Å². The summed E-state index contributed by atoms with van der Waals surface area (Å²) in [4.78, 5) is 16.7. The number of Topliss-reactive ketones (excluding diaryl/α,β-unsaturated/α-hetero) is 1. The Kier molecular flexibility index (Phi) is 3.75. The molecule has 0 spiro atoms. The molecular formula is C17H13N3OS. The van der Waals surface area contributed by atoms with Crippen molar-refractivity contribution in [2.75, 3.05) is 0 Å². The molecule has 5 heteroatoms. The first-order valence-corrected chi connectivity index (χ1v) is 7.91. The molecular weight excluding hydrogens is 294 g/mol. The van der Waals surface area contributed by atoms with E-state index in [1.54, 1.807) is 12.1 Å². The number of thiazole rings is 1. The average molecular weight is 307 g/mol. The number of hydrogen-bond donors (Lipinski definition) is 0. The van der Waals surface area contributed by atoms with Crippen molar-refractivity contribution >= 4 is 17.1 Å². The quantitative estimate of drug-likeness (QED) is 0.866. The largest absolute Gasteiger partial charge is 0.297 e. The molecule has 2 aromatic rings. The molecule has 1 aromatic carbocycles. The predicted octanol–water partition coefficient (Wildman–Crippen LogP) is 3.51. The summed E-state index contributed by atoms with van der Waals surface area (Å²) in [6.07, 6.45) is 0.880. The van der Waals surface area contributed by atoms with Crippen molar-refractivity contribution < 1.29 is 4.79 Å². The Hall–Kier alpha value is -2.50. The highest BCUT2D eigenvalue weighted by atomic mass is 32.1. The van der Waals surface area contributed by atoms with Gasteiger partial charge >= 0.3 is 0 Å². The molecule has 1 aliphatic rings. The maximum absolute atomic E-state index is 12.3. The van der Waals surface area contributed by atoms with E-state index in [1.807, 2.05) is 24.4 Å². The SMILES string of the molecule is CC1CC1C(=O)C(C#N)c1nc(-c2ccc(C#N)cc2)cs1. The molecule has 0 N–H and O–H groups in total. The molecule has 1 saturated carbocycles. The van der Waals surface area contributed by atoms with Gasteiger partial charge < -0.3 is 0 Å². The summed E-state index contributed by atoms with van der Waals surface area (Å²) in [5.41, 5.74) is 2.21. The van der Waals surface area contributed by atoms with E-state index in [0.29, 0.717) is 16.5 Å². The second-order valence-corrected chi connectivity index (χ2v) is 6.43. The average Bonchev–Trinajstić information content (AvgIpc) is 3.08. The molecule has 1 aliphatic carbocycles. The van der Waals surface area contributed by atoms with Gasteiger partial charge in [0.05, 0.1) is 23.4 Å². The standard InChI is InChI=1S/C17H13N3OS/c1-10-6-13(10)16(21)14(8-19)17-20-15(9-22-17)12-4-2-11(7-18)3-5-12/h2-5,9-10,13-14H,6H2,1H3. The van der Waals surface area contributed by atoms with Crippen LogP contribution in [0.2, 0.25) is 0 Å². The van der Waals surface area contributed by atoms with Crippen LogP contribution in [0.3, 0.4) is 0 Å². The number of nitrogens with zero attached hydrogens (tertiary/aromatic N) is 3. The van der Waals surface area contributed by atoms with Crippen LogP contribution in [0.4, 0.5) is 0 Å². The minimum absolute atomic E-state index is 0.00396. The number of carbonyl (C=O) groups excluding carboxylic acids is 1. The number of hydrogen-bond acceptors (Lipinski definition) is 5. The second kappa shape index (κ2) is 5.71. The molecule has 108 valence electrons. The van der Waals surface area contributed by atoms with E-state index in [2.05, 4.69) is 17.1 Å². The molecule has 0 radical (unpaired) electrons. The Morgan fingerprint density at radius 2 is 2.05 bits per heavy atom. The fourth-order valence-electron chi connectivity index (χ4n) is 2.44. The lowest BCUT2D eigenvalue weighted by atomic mass is 10.0. The first-order chi connectivity index (χ1) is 10.6. The molecule has 1 fully saturated rings. The van der Waals surface area contributed by atoms with Crippen LogP contribution in [-0.4, -0.2) is 10.8 Å². The van der Waals surface area contributed by atoms with E-state index in [9.17, 15) is 10.1 Å². The highest BCUT2D eigenvalue weighted by molar-refractivity contribution is 7.10. The first-order valence-electron chi connectivity index (χ1n) is 7.03. The van der Waals surface area contributed by atoms with Gasteiger partial charge in [-0.2, -0.15) is 10.5 Å². The molecule has 0 saturated heterocycles. The lowest BCUT2D eigenvalue weighted by Crippen LogP contribution is -2.13. The molecule has 3 unspecified atom stereocenters. The minimum atomic E-state index is -0.757. The van der Waals surface area contributed by atoms with E-state index < -0.39 is 5.92 Å². The fourth-order valence-corrected chi connectivity index (χ4v) is 3.32. The van der Waals surface area contributed by atoms with Crippen LogP contribution >= 0.6 is 11.3 Å². The van der Waals surface area contributed by atoms with Gasteiger partial charge in [-0.25, -0.2) is 4.98 Å². The number of nitriles is 2. The summed E-state index contributed by atoms with van der Waals surface area (Å²) in [6.45, 7) is 2.03. The molecule has 3 rings (SSSR count). The Balaban J connectivity index is 1.84. The monoisotopic (exact) mass is 307 g/mol. The van der Waals surface area contributed by atoms with Gasteiger partial charge in [0.2, 0.25) is 0 Å².